The number of aromatic amines is 1. The summed E-state index contributed by atoms with van der Waals surface area (Å²) in [6.07, 6.45) is 1.35. The Hall–Kier alpha value is -1.42. The number of nitrogens with zero attached hydrogens (tertiary/aromatic N) is 1. The summed E-state index contributed by atoms with van der Waals surface area (Å²) in [6.45, 7) is 0.0212. The van der Waals surface area contributed by atoms with Gasteiger partial charge in [0.2, 0.25) is 5.82 Å². The van der Waals surface area contributed by atoms with E-state index in [1.807, 2.05) is 12.1 Å². The SMILES string of the molecule is Nc1c(N)[n+](CC(=O)c2ccc(I)cc2)c[nH]c1=O.[Br-]. The zero-order valence-corrected chi connectivity index (χ0v) is 14.0. The summed E-state index contributed by atoms with van der Waals surface area (Å²) in [6, 6.07) is 7.19. The number of carbonyl (C=O) groups excluding carboxylic acids is 1. The number of halogens is 2. The zero-order valence-electron chi connectivity index (χ0n) is 10.3. The Kier molecular flexibility index (Phi) is 5.69. The second-order valence-corrected chi connectivity index (χ2v) is 5.21. The van der Waals surface area contributed by atoms with Gasteiger partial charge in [-0.1, -0.05) is 12.1 Å². The highest BCUT2D eigenvalue weighted by Gasteiger charge is 2.15. The molecule has 0 amide bonds. The van der Waals surface area contributed by atoms with Crippen molar-refractivity contribution in [2.45, 2.75) is 6.54 Å². The van der Waals surface area contributed by atoms with Crippen molar-refractivity contribution in [2.24, 2.45) is 0 Å². The molecule has 0 aliphatic carbocycles. The van der Waals surface area contributed by atoms with Crippen LogP contribution in [0.3, 0.4) is 0 Å². The van der Waals surface area contributed by atoms with Crippen molar-refractivity contribution in [1.29, 1.82) is 0 Å². The average Bonchev–Trinajstić information content (AvgIpc) is 2.40. The largest absolute Gasteiger partial charge is 1.00 e. The number of nitrogen functional groups attached to an aromatic ring is 2. The topological polar surface area (TPSA) is 106 Å². The van der Waals surface area contributed by atoms with Crippen LogP contribution in [0.1, 0.15) is 10.4 Å². The Morgan fingerprint density at radius 1 is 1.25 bits per heavy atom. The van der Waals surface area contributed by atoms with Crippen molar-refractivity contribution in [3.63, 3.8) is 0 Å². The lowest BCUT2D eigenvalue weighted by Gasteiger charge is -2.05. The molecule has 0 bridgehead atoms. The van der Waals surface area contributed by atoms with Gasteiger partial charge in [0, 0.05) is 9.13 Å². The minimum absolute atomic E-state index is 0. The molecule has 0 aliphatic rings. The number of hydrogen-bond donors (Lipinski definition) is 3. The Labute approximate surface area is 139 Å². The number of carbonyl (C=O) groups is 1. The Bertz CT molecular complexity index is 685. The number of ketones is 1. The van der Waals surface area contributed by atoms with E-state index in [1.165, 1.54) is 10.9 Å². The lowest BCUT2D eigenvalue weighted by atomic mass is 10.1. The molecule has 1 aromatic carbocycles. The number of Topliss-reactive ketones (excluding diaryl/α,β-unsaturated/α-hetero) is 1. The van der Waals surface area contributed by atoms with Gasteiger partial charge in [-0.3, -0.25) is 4.79 Å². The van der Waals surface area contributed by atoms with Crippen molar-refractivity contribution in [1.82, 2.24) is 4.98 Å². The molecule has 1 aromatic heterocycles. The molecule has 2 rings (SSSR count). The van der Waals surface area contributed by atoms with Gasteiger partial charge in [0.25, 0.3) is 0 Å². The number of hydrogen-bond acceptors (Lipinski definition) is 4. The first-order valence-electron chi connectivity index (χ1n) is 5.44. The number of H-pyrrole nitrogens is 1. The maximum Gasteiger partial charge on any atom is 0.333 e. The van der Waals surface area contributed by atoms with Gasteiger partial charge in [-0.05, 0) is 34.7 Å². The van der Waals surface area contributed by atoms with Gasteiger partial charge < -0.3 is 28.4 Å². The molecule has 1 heterocycles. The molecule has 106 valence electrons. The van der Waals surface area contributed by atoms with Gasteiger partial charge in [-0.15, -0.1) is 0 Å². The molecule has 0 saturated carbocycles. The molecule has 0 saturated heterocycles. The third-order valence-corrected chi connectivity index (χ3v) is 3.38. The standard InChI is InChI=1S/C12H11IN4O2.BrH/c13-8-3-1-7(2-4-8)9(18)5-17-6-16-12(19)10(14)11(17)15;/h1-4,6H,5,14H2,(H2,15,19);1H. The van der Waals surface area contributed by atoms with E-state index in [9.17, 15) is 9.59 Å². The number of nitrogens with two attached hydrogens (primary N) is 2. The molecule has 8 heteroatoms. The van der Waals surface area contributed by atoms with Gasteiger partial charge in [-0.2, -0.15) is 0 Å². The Morgan fingerprint density at radius 2 is 1.85 bits per heavy atom. The van der Waals surface area contributed by atoms with Crippen molar-refractivity contribution in [3.05, 3.63) is 50.1 Å². The molecule has 0 fully saturated rings. The third-order valence-electron chi connectivity index (χ3n) is 2.66. The van der Waals surface area contributed by atoms with Crippen LogP contribution in [-0.2, 0) is 6.54 Å². The maximum atomic E-state index is 12.1. The van der Waals surface area contributed by atoms with Crippen LogP contribution in [0.5, 0.6) is 0 Å². The Morgan fingerprint density at radius 3 is 2.45 bits per heavy atom. The average molecular weight is 451 g/mol. The van der Waals surface area contributed by atoms with Crippen LogP contribution in [0.2, 0.25) is 0 Å². The predicted molar refractivity (Wildman–Crippen MR) is 79.6 cm³/mol. The molecule has 0 radical (unpaired) electrons. The van der Waals surface area contributed by atoms with Crippen LogP contribution >= 0.6 is 22.6 Å². The van der Waals surface area contributed by atoms with Crippen molar-refractivity contribution < 1.29 is 26.3 Å². The number of anilines is 2. The van der Waals surface area contributed by atoms with E-state index < -0.39 is 5.56 Å². The molecule has 0 aliphatic heterocycles. The molecule has 0 atom stereocenters. The quantitative estimate of drug-likeness (QED) is 0.269. The van der Waals surface area contributed by atoms with E-state index in [0.29, 0.717) is 5.56 Å². The highest BCUT2D eigenvalue weighted by atomic mass is 127. The van der Waals surface area contributed by atoms with E-state index in [2.05, 4.69) is 27.6 Å². The van der Waals surface area contributed by atoms with Gasteiger partial charge >= 0.3 is 5.56 Å². The summed E-state index contributed by atoms with van der Waals surface area (Å²) in [5.41, 5.74) is 11.2. The minimum Gasteiger partial charge on any atom is -1.00 e. The molecule has 0 spiro atoms. The highest BCUT2D eigenvalue weighted by Crippen LogP contribution is 2.08. The fraction of sp³-hybridized carbons (Fsp3) is 0.0833. The molecular formula is C12H12BrIN4O2. The van der Waals surface area contributed by atoms with Crippen LogP contribution < -0.4 is 38.6 Å². The molecular weight excluding hydrogens is 439 g/mol. The van der Waals surface area contributed by atoms with Gasteiger partial charge in [0.1, 0.15) is 6.54 Å². The van der Waals surface area contributed by atoms with Crippen LogP contribution in [0.4, 0.5) is 11.5 Å². The van der Waals surface area contributed by atoms with E-state index in [-0.39, 0.29) is 40.8 Å². The fourth-order valence-electron chi connectivity index (χ4n) is 1.57. The summed E-state index contributed by atoms with van der Waals surface area (Å²) in [7, 11) is 0. The zero-order chi connectivity index (χ0) is 14.0. The van der Waals surface area contributed by atoms with E-state index in [0.717, 1.165) is 3.57 Å². The second-order valence-electron chi connectivity index (χ2n) is 3.96. The lowest BCUT2D eigenvalue weighted by Crippen LogP contribution is -3.00. The second kappa shape index (κ2) is 6.84. The summed E-state index contributed by atoms with van der Waals surface area (Å²) in [5, 5.41) is 0. The maximum absolute atomic E-state index is 12.1. The van der Waals surface area contributed by atoms with Crippen LogP contribution in [0.15, 0.2) is 35.4 Å². The van der Waals surface area contributed by atoms with Crippen molar-refractivity contribution >= 4 is 39.9 Å². The highest BCUT2D eigenvalue weighted by molar-refractivity contribution is 14.1. The summed E-state index contributed by atoms with van der Waals surface area (Å²) in [5.74, 6) is -0.0258. The molecule has 2 aromatic rings. The Balaban J connectivity index is 0.00000200. The fourth-order valence-corrected chi connectivity index (χ4v) is 1.93. The van der Waals surface area contributed by atoms with Crippen LogP contribution in [0.25, 0.3) is 0 Å². The van der Waals surface area contributed by atoms with Crippen molar-refractivity contribution in [3.8, 4) is 0 Å². The molecule has 0 unspecified atom stereocenters. The van der Waals surface area contributed by atoms with E-state index in [4.69, 9.17) is 11.5 Å². The lowest BCUT2D eigenvalue weighted by molar-refractivity contribution is -0.671. The van der Waals surface area contributed by atoms with E-state index >= 15 is 0 Å². The normalized spacial score (nSPS) is 9.85. The van der Waals surface area contributed by atoms with E-state index in [1.54, 1.807) is 12.1 Å². The first kappa shape index (κ1) is 16.6. The molecule has 6 nitrogen and oxygen atoms in total. The number of nitrogens with one attached hydrogen (secondary N) is 1. The van der Waals surface area contributed by atoms with Crippen molar-refractivity contribution in [2.75, 3.05) is 11.5 Å². The first-order chi connectivity index (χ1) is 8.99. The summed E-state index contributed by atoms with van der Waals surface area (Å²) in [4.78, 5) is 25.7. The van der Waals surface area contributed by atoms with Crippen LogP contribution in [0, 0.1) is 3.57 Å². The van der Waals surface area contributed by atoms with Crippen LogP contribution in [-0.4, -0.2) is 10.8 Å². The molecule has 5 N–H and O–H groups in total. The monoisotopic (exact) mass is 450 g/mol. The number of rotatable bonds is 3. The predicted octanol–water partition coefficient (Wildman–Crippen LogP) is -2.68. The van der Waals surface area contributed by atoms with Gasteiger partial charge in [-0.25, -0.2) is 14.3 Å². The minimum atomic E-state index is -0.463. The van der Waals surface area contributed by atoms with Gasteiger partial charge in [0.05, 0.1) is 0 Å². The molecule has 20 heavy (non-hydrogen) atoms. The summed E-state index contributed by atoms with van der Waals surface area (Å²) >= 11 is 2.16. The number of benzene rings is 1. The third kappa shape index (κ3) is 3.57. The summed E-state index contributed by atoms with van der Waals surface area (Å²) < 4.78 is 2.46. The first-order valence-corrected chi connectivity index (χ1v) is 6.51. The smallest absolute Gasteiger partial charge is 0.333 e. The van der Waals surface area contributed by atoms with Gasteiger partial charge in [0.15, 0.2) is 17.8 Å². The number of aromatic nitrogens is 2.